The first-order chi connectivity index (χ1) is 9.32. The lowest BCUT2D eigenvalue weighted by molar-refractivity contribution is -0.135. The van der Waals surface area contributed by atoms with Crippen LogP contribution in [0.2, 0.25) is 0 Å². The van der Waals surface area contributed by atoms with Gasteiger partial charge in [-0.15, -0.1) is 0 Å². The lowest BCUT2D eigenvalue weighted by atomic mass is 9.91. The summed E-state index contributed by atoms with van der Waals surface area (Å²) in [6, 6.07) is 0. The van der Waals surface area contributed by atoms with E-state index < -0.39 is 0 Å². The second-order valence-electron chi connectivity index (χ2n) is 6.98. The standard InChI is InChI=1S/C18H34O2/c1-14(2)8-6-9-15(3)10-7-11-16(4)12-13-18(20)17(5)19/h14-16H,6-13H2,1-5H3. The molecule has 0 heterocycles. The monoisotopic (exact) mass is 282 g/mol. The molecule has 2 unspecified atom stereocenters. The highest BCUT2D eigenvalue weighted by molar-refractivity contribution is 6.36. The second kappa shape index (κ2) is 11.0. The minimum absolute atomic E-state index is 0.209. The summed E-state index contributed by atoms with van der Waals surface area (Å²) in [5.74, 6) is 1.69. The van der Waals surface area contributed by atoms with Crippen molar-refractivity contribution in [3.8, 4) is 0 Å². The van der Waals surface area contributed by atoms with E-state index in [0.29, 0.717) is 12.3 Å². The van der Waals surface area contributed by atoms with Gasteiger partial charge in [0.15, 0.2) is 11.6 Å². The fourth-order valence-electron chi connectivity index (χ4n) is 2.53. The largest absolute Gasteiger partial charge is 0.291 e. The van der Waals surface area contributed by atoms with E-state index in [2.05, 4.69) is 27.7 Å². The predicted molar refractivity (Wildman–Crippen MR) is 85.8 cm³/mol. The van der Waals surface area contributed by atoms with Gasteiger partial charge in [0.05, 0.1) is 0 Å². The van der Waals surface area contributed by atoms with Crippen LogP contribution in [0.1, 0.15) is 86.0 Å². The maximum atomic E-state index is 11.3. The van der Waals surface area contributed by atoms with E-state index in [1.54, 1.807) is 0 Å². The van der Waals surface area contributed by atoms with Crippen LogP contribution in [0.4, 0.5) is 0 Å². The first-order valence-corrected chi connectivity index (χ1v) is 8.36. The highest BCUT2D eigenvalue weighted by Gasteiger charge is 2.11. The van der Waals surface area contributed by atoms with Gasteiger partial charge in [-0.2, -0.15) is 0 Å². The van der Waals surface area contributed by atoms with E-state index in [1.165, 1.54) is 45.4 Å². The molecule has 0 saturated heterocycles. The van der Waals surface area contributed by atoms with Crippen LogP contribution < -0.4 is 0 Å². The summed E-state index contributed by atoms with van der Waals surface area (Å²) in [4.78, 5) is 22.1. The number of ketones is 2. The van der Waals surface area contributed by atoms with Gasteiger partial charge in [-0.3, -0.25) is 9.59 Å². The Kier molecular flexibility index (Phi) is 10.7. The van der Waals surface area contributed by atoms with Crippen molar-refractivity contribution in [2.45, 2.75) is 86.0 Å². The number of hydrogen-bond donors (Lipinski definition) is 0. The molecule has 0 aliphatic carbocycles. The zero-order chi connectivity index (χ0) is 15.5. The van der Waals surface area contributed by atoms with E-state index in [4.69, 9.17) is 0 Å². The van der Waals surface area contributed by atoms with Crippen molar-refractivity contribution in [2.24, 2.45) is 17.8 Å². The maximum absolute atomic E-state index is 11.3. The third-order valence-electron chi connectivity index (χ3n) is 4.13. The minimum atomic E-state index is -0.295. The van der Waals surface area contributed by atoms with Gasteiger partial charge in [-0.05, 0) is 24.2 Å². The smallest absolute Gasteiger partial charge is 0.198 e. The molecule has 0 aliphatic rings. The van der Waals surface area contributed by atoms with E-state index in [1.807, 2.05) is 0 Å². The van der Waals surface area contributed by atoms with Crippen molar-refractivity contribution in [3.63, 3.8) is 0 Å². The summed E-state index contributed by atoms with van der Waals surface area (Å²) in [6.07, 6.45) is 9.05. The summed E-state index contributed by atoms with van der Waals surface area (Å²) in [5.41, 5.74) is 0. The van der Waals surface area contributed by atoms with Crippen molar-refractivity contribution in [1.82, 2.24) is 0 Å². The number of Topliss-reactive ketones (excluding diaryl/α,β-unsaturated/α-hetero) is 2. The fourth-order valence-corrected chi connectivity index (χ4v) is 2.53. The molecule has 0 fully saturated rings. The molecule has 0 N–H and O–H groups in total. The van der Waals surface area contributed by atoms with Crippen LogP contribution in [0, 0.1) is 17.8 Å². The van der Waals surface area contributed by atoms with Crippen molar-refractivity contribution in [3.05, 3.63) is 0 Å². The van der Waals surface area contributed by atoms with E-state index in [-0.39, 0.29) is 11.6 Å². The molecule has 118 valence electrons. The van der Waals surface area contributed by atoms with E-state index in [9.17, 15) is 9.59 Å². The molecule has 20 heavy (non-hydrogen) atoms. The number of carbonyl (C=O) groups excluding carboxylic acids is 2. The third-order valence-corrected chi connectivity index (χ3v) is 4.13. The average Bonchev–Trinajstić information content (AvgIpc) is 2.35. The van der Waals surface area contributed by atoms with Gasteiger partial charge in [-0.25, -0.2) is 0 Å². The highest BCUT2D eigenvalue weighted by Crippen LogP contribution is 2.20. The van der Waals surface area contributed by atoms with Crippen LogP contribution in [0.3, 0.4) is 0 Å². The Hall–Kier alpha value is -0.660. The molecule has 2 nitrogen and oxygen atoms in total. The number of rotatable bonds is 12. The van der Waals surface area contributed by atoms with Crippen molar-refractivity contribution < 1.29 is 9.59 Å². The molecule has 0 aromatic carbocycles. The molecule has 2 heteroatoms. The van der Waals surface area contributed by atoms with Gasteiger partial charge < -0.3 is 0 Å². The minimum Gasteiger partial charge on any atom is -0.291 e. The lowest BCUT2D eigenvalue weighted by Gasteiger charge is -2.14. The fraction of sp³-hybridized carbons (Fsp3) is 0.889. The van der Waals surface area contributed by atoms with E-state index in [0.717, 1.165) is 18.3 Å². The Morgan fingerprint density at radius 2 is 1.20 bits per heavy atom. The van der Waals surface area contributed by atoms with Crippen molar-refractivity contribution >= 4 is 11.6 Å². The summed E-state index contributed by atoms with van der Waals surface area (Å²) < 4.78 is 0. The Balaban J connectivity index is 3.57. The van der Waals surface area contributed by atoms with Crippen LogP contribution in [0.25, 0.3) is 0 Å². The molecule has 0 spiro atoms. The molecule has 0 saturated carbocycles. The molecular formula is C18H34O2. The van der Waals surface area contributed by atoms with E-state index >= 15 is 0 Å². The molecule has 0 aromatic rings. The van der Waals surface area contributed by atoms with Crippen LogP contribution in [0.15, 0.2) is 0 Å². The Bertz CT molecular complexity index is 281. The normalized spacial score (nSPS) is 14.3. The third kappa shape index (κ3) is 11.2. The average molecular weight is 282 g/mol. The van der Waals surface area contributed by atoms with Gasteiger partial charge in [-0.1, -0.05) is 66.2 Å². The summed E-state index contributed by atoms with van der Waals surface area (Å²) in [5, 5.41) is 0. The van der Waals surface area contributed by atoms with Crippen LogP contribution in [0.5, 0.6) is 0 Å². The zero-order valence-corrected chi connectivity index (χ0v) is 14.2. The molecular weight excluding hydrogens is 248 g/mol. The SMILES string of the molecule is CC(=O)C(=O)CCC(C)CCCC(C)CCCC(C)C. The summed E-state index contributed by atoms with van der Waals surface area (Å²) in [7, 11) is 0. The van der Waals surface area contributed by atoms with Crippen LogP contribution in [-0.2, 0) is 9.59 Å². The zero-order valence-electron chi connectivity index (χ0n) is 14.2. The molecule has 2 atom stereocenters. The van der Waals surface area contributed by atoms with Crippen molar-refractivity contribution in [2.75, 3.05) is 0 Å². The van der Waals surface area contributed by atoms with Crippen LogP contribution >= 0.6 is 0 Å². The summed E-state index contributed by atoms with van der Waals surface area (Å²) in [6.45, 7) is 10.5. The topological polar surface area (TPSA) is 34.1 Å². The quantitative estimate of drug-likeness (QED) is 0.461. The van der Waals surface area contributed by atoms with Gasteiger partial charge in [0.1, 0.15) is 0 Å². The molecule has 0 bridgehead atoms. The number of carbonyl (C=O) groups is 2. The first-order valence-electron chi connectivity index (χ1n) is 8.36. The summed E-state index contributed by atoms with van der Waals surface area (Å²) >= 11 is 0. The van der Waals surface area contributed by atoms with Crippen molar-refractivity contribution in [1.29, 1.82) is 0 Å². The molecule has 0 aromatic heterocycles. The van der Waals surface area contributed by atoms with Gasteiger partial charge in [0.2, 0.25) is 0 Å². The predicted octanol–water partition coefficient (Wildman–Crippen LogP) is 5.19. The Labute approximate surface area is 125 Å². The Morgan fingerprint density at radius 1 is 0.750 bits per heavy atom. The molecule has 0 rings (SSSR count). The van der Waals surface area contributed by atoms with Gasteiger partial charge >= 0.3 is 0 Å². The molecule has 0 aliphatic heterocycles. The van der Waals surface area contributed by atoms with Crippen LogP contribution in [-0.4, -0.2) is 11.6 Å². The van der Waals surface area contributed by atoms with Gasteiger partial charge in [0, 0.05) is 13.3 Å². The second-order valence-corrected chi connectivity index (χ2v) is 6.98. The number of hydrogen-bond acceptors (Lipinski definition) is 2. The molecule has 0 amide bonds. The maximum Gasteiger partial charge on any atom is 0.198 e. The first kappa shape index (κ1) is 19.3. The lowest BCUT2D eigenvalue weighted by Crippen LogP contribution is -2.10. The highest BCUT2D eigenvalue weighted by atomic mass is 16.2. The van der Waals surface area contributed by atoms with Gasteiger partial charge in [0.25, 0.3) is 0 Å². The molecule has 0 radical (unpaired) electrons. The Morgan fingerprint density at radius 3 is 1.65 bits per heavy atom.